The first-order valence-corrected chi connectivity index (χ1v) is 10.3. The van der Waals surface area contributed by atoms with Crippen LogP contribution in [0.15, 0.2) is 36.4 Å². The molecule has 0 aliphatic heterocycles. The maximum absolute atomic E-state index is 12.5. The Balaban J connectivity index is 1.79. The third-order valence-electron chi connectivity index (χ3n) is 4.39. The quantitative estimate of drug-likeness (QED) is 0.525. The summed E-state index contributed by atoms with van der Waals surface area (Å²) < 4.78 is 9.89. The van der Waals surface area contributed by atoms with Crippen molar-refractivity contribution in [1.82, 2.24) is 0 Å². The molecule has 0 amide bonds. The zero-order chi connectivity index (χ0) is 19.6. The average molecular weight is 423 g/mol. The molecule has 0 spiro atoms. The maximum Gasteiger partial charge on any atom is 0.340 e. The fourth-order valence-electron chi connectivity index (χ4n) is 2.88. The summed E-state index contributed by atoms with van der Waals surface area (Å²) in [5.41, 5.74) is 4.85. The molecule has 3 atom stereocenters. The molecular weight excluding hydrogens is 406 g/mol. The van der Waals surface area contributed by atoms with E-state index in [-0.39, 0.29) is 27.2 Å². The van der Waals surface area contributed by atoms with Gasteiger partial charge in [0.05, 0.1) is 35.3 Å². The van der Waals surface area contributed by atoms with E-state index in [1.165, 1.54) is 7.11 Å². The van der Waals surface area contributed by atoms with Gasteiger partial charge in [-0.15, -0.1) is 0 Å². The maximum atomic E-state index is 12.5. The van der Waals surface area contributed by atoms with Crippen LogP contribution in [0, 0.1) is 0 Å². The first kappa shape index (κ1) is 19.9. The predicted octanol–water partition coefficient (Wildman–Crippen LogP) is 4.52. The largest absolute Gasteiger partial charge is 0.623 e. The lowest BCUT2D eigenvalue weighted by molar-refractivity contribution is -0.153. The van der Waals surface area contributed by atoms with Crippen molar-refractivity contribution in [2.24, 2.45) is 0 Å². The summed E-state index contributed by atoms with van der Waals surface area (Å²) in [6, 6.07) is 11.0. The second-order valence-corrected chi connectivity index (χ2v) is 8.52. The van der Waals surface area contributed by atoms with Gasteiger partial charge in [0.2, 0.25) is 0 Å². The molecule has 7 heteroatoms. The van der Waals surface area contributed by atoms with E-state index < -0.39 is 13.7 Å². The Labute approximate surface area is 168 Å². The monoisotopic (exact) mass is 422 g/mol. The van der Waals surface area contributed by atoms with Crippen LogP contribution in [0.2, 0.25) is 10.0 Å². The van der Waals surface area contributed by atoms with E-state index in [0.717, 1.165) is 17.7 Å². The van der Waals surface area contributed by atoms with E-state index in [0.29, 0.717) is 5.56 Å². The van der Waals surface area contributed by atoms with Crippen molar-refractivity contribution in [3.63, 3.8) is 0 Å². The molecule has 0 heterocycles. The van der Waals surface area contributed by atoms with Gasteiger partial charge in [-0.2, -0.15) is 0 Å². The van der Waals surface area contributed by atoms with Crippen LogP contribution in [0.1, 0.15) is 33.8 Å². The summed E-state index contributed by atoms with van der Waals surface area (Å²) >= 11 is 12.2. The Morgan fingerprint density at radius 3 is 2.59 bits per heavy atom. The van der Waals surface area contributed by atoms with Crippen LogP contribution in [0.25, 0.3) is 6.08 Å². The van der Waals surface area contributed by atoms with Crippen molar-refractivity contribution in [2.75, 3.05) is 14.2 Å². The third-order valence-corrected chi connectivity index (χ3v) is 6.55. The van der Waals surface area contributed by atoms with Crippen molar-refractivity contribution in [2.45, 2.75) is 18.0 Å². The summed E-state index contributed by atoms with van der Waals surface area (Å²) in [6.07, 6.45) is 2.45. The number of rotatable bonds is 5. The zero-order valence-corrected chi connectivity index (χ0v) is 17.1. The smallest absolute Gasteiger partial charge is 0.340 e. The Bertz CT molecular complexity index is 928. The van der Waals surface area contributed by atoms with Gasteiger partial charge in [0.1, 0.15) is 19.2 Å². The van der Waals surface area contributed by atoms with Crippen LogP contribution in [-0.4, -0.2) is 31.3 Å². The van der Waals surface area contributed by atoms with Crippen molar-refractivity contribution in [3.8, 4) is 5.75 Å². The highest BCUT2D eigenvalue weighted by molar-refractivity contribution is 7.50. The number of carbonyl (C=O) groups is 1. The van der Waals surface area contributed by atoms with E-state index in [1.54, 1.807) is 25.3 Å². The van der Waals surface area contributed by atoms with Gasteiger partial charge >= 0.3 is 5.97 Å². The summed E-state index contributed by atoms with van der Waals surface area (Å²) in [5, 5.41) is 0.358. The Hall–Kier alpha value is -1.80. The van der Waals surface area contributed by atoms with Gasteiger partial charge in [-0.25, -0.2) is 4.79 Å². The van der Waals surface area contributed by atoms with Gasteiger partial charge in [0.25, 0.3) is 0 Å². The Morgan fingerprint density at radius 2 is 1.96 bits per heavy atom. The van der Waals surface area contributed by atoms with Gasteiger partial charge in [0, 0.05) is 18.4 Å². The van der Waals surface area contributed by atoms with E-state index in [2.05, 4.69) is 10.2 Å². The van der Waals surface area contributed by atoms with Crippen molar-refractivity contribution in [3.05, 3.63) is 63.1 Å². The number of halogens is 2. The number of benzene rings is 2. The molecule has 3 rings (SSSR count). The molecule has 2 aromatic rings. The first-order valence-electron chi connectivity index (χ1n) is 8.21. The third kappa shape index (κ3) is 4.55. The van der Waals surface area contributed by atoms with Crippen molar-refractivity contribution < 1.29 is 19.2 Å². The summed E-state index contributed by atoms with van der Waals surface area (Å²) in [6.45, 7) is 0. The van der Waals surface area contributed by atoms with Crippen LogP contribution in [0.5, 0.6) is 5.75 Å². The van der Waals surface area contributed by atoms with E-state index in [4.69, 9.17) is 27.9 Å². The molecule has 27 heavy (non-hydrogen) atoms. The SMILES string of the molecule is COC(=O)c1c(Cl)cc(C=C=[P+]([O-])C2CC2c2cccc(OC)c2)cc1Cl. The highest BCUT2D eigenvalue weighted by Gasteiger charge is 2.46. The summed E-state index contributed by atoms with van der Waals surface area (Å²) in [5.74, 6) is 0.441. The lowest BCUT2D eigenvalue weighted by Gasteiger charge is -2.05. The molecule has 2 aromatic carbocycles. The Morgan fingerprint density at radius 1 is 1.26 bits per heavy atom. The Kier molecular flexibility index (Phi) is 6.26. The first-order chi connectivity index (χ1) is 12.9. The van der Waals surface area contributed by atoms with Crippen LogP contribution in [0.3, 0.4) is 0 Å². The molecule has 0 saturated heterocycles. The molecule has 140 valence electrons. The van der Waals surface area contributed by atoms with E-state index in [1.807, 2.05) is 24.3 Å². The van der Waals surface area contributed by atoms with Crippen LogP contribution < -0.4 is 9.63 Å². The zero-order valence-electron chi connectivity index (χ0n) is 14.7. The molecule has 0 N–H and O–H groups in total. The highest BCUT2D eigenvalue weighted by Crippen LogP contribution is 2.53. The standard InChI is InChI=1S/C20H17Cl2O4P/c1-25-14-5-3-4-13(10-14)15-11-18(15)27(24)7-6-12-8-16(21)19(17(22)9-12)20(23)26-2/h3-6,8-10,15,18H,11H2,1-2H3. The molecule has 3 unspecified atom stereocenters. The van der Waals surface area contributed by atoms with Gasteiger partial charge in [-0.1, -0.05) is 35.3 Å². The molecule has 1 aliphatic carbocycles. The van der Waals surface area contributed by atoms with Crippen LogP contribution in [-0.2, 0) is 4.74 Å². The molecule has 0 radical (unpaired) electrons. The van der Waals surface area contributed by atoms with Gasteiger partial charge < -0.3 is 14.4 Å². The highest BCUT2D eigenvalue weighted by atomic mass is 35.5. The normalized spacial score (nSPS) is 18.3. The topological polar surface area (TPSA) is 58.6 Å². The van der Waals surface area contributed by atoms with Crippen LogP contribution >= 0.6 is 31.0 Å². The summed E-state index contributed by atoms with van der Waals surface area (Å²) in [7, 11) is 1.24. The average Bonchev–Trinajstić information content (AvgIpc) is 3.46. The molecule has 1 fully saturated rings. The number of ether oxygens (including phenoxy) is 2. The molecule has 1 saturated carbocycles. The van der Waals surface area contributed by atoms with Crippen molar-refractivity contribution >= 4 is 48.5 Å². The van der Waals surface area contributed by atoms with Gasteiger partial charge in [-0.3, -0.25) is 0 Å². The van der Waals surface area contributed by atoms with Gasteiger partial charge in [-0.05, 0) is 35.4 Å². The van der Waals surface area contributed by atoms with Gasteiger partial charge in [0.15, 0.2) is 0 Å². The number of hydrogen-bond donors (Lipinski definition) is 0. The number of esters is 1. The van der Waals surface area contributed by atoms with Crippen LogP contribution in [0.4, 0.5) is 0 Å². The molecule has 0 bridgehead atoms. The minimum Gasteiger partial charge on any atom is -0.623 e. The molecule has 4 nitrogen and oxygen atoms in total. The fraction of sp³-hybridized carbons (Fsp3) is 0.250. The van der Waals surface area contributed by atoms with Crippen molar-refractivity contribution in [1.29, 1.82) is 0 Å². The lowest BCUT2D eigenvalue weighted by Crippen LogP contribution is -2.03. The fourth-order valence-corrected chi connectivity index (χ4v) is 4.92. The molecular formula is C20H17Cl2O4P. The summed E-state index contributed by atoms with van der Waals surface area (Å²) in [4.78, 5) is 24.2. The molecule has 0 aromatic heterocycles. The number of carbonyl (C=O) groups excluding carboxylic acids is 1. The second-order valence-electron chi connectivity index (χ2n) is 6.14. The van der Waals surface area contributed by atoms with E-state index >= 15 is 0 Å². The minimum absolute atomic E-state index is 0.0589. The second kappa shape index (κ2) is 8.48. The van der Waals surface area contributed by atoms with E-state index in [9.17, 15) is 9.69 Å². The molecule has 1 aliphatic rings. The minimum atomic E-state index is -1.65. The predicted molar refractivity (Wildman–Crippen MR) is 108 cm³/mol. The lowest BCUT2D eigenvalue weighted by atomic mass is 10.1. The number of hydrogen-bond acceptors (Lipinski definition) is 4. The number of methoxy groups -OCH3 is 2.